The van der Waals surface area contributed by atoms with Crippen molar-refractivity contribution >= 4 is 12.0 Å². The summed E-state index contributed by atoms with van der Waals surface area (Å²) >= 11 is 0. The van der Waals surface area contributed by atoms with Gasteiger partial charge in [0.15, 0.2) is 6.29 Å². The molecule has 0 saturated carbocycles. The highest BCUT2D eigenvalue weighted by atomic mass is 16.1. The van der Waals surface area contributed by atoms with Crippen LogP contribution < -0.4 is 4.90 Å². The van der Waals surface area contributed by atoms with Crippen LogP contribution in [-0.4, -0.2) is 19.4 Å². The number of hydrogen-bond donors (Lipinski definition) is 0. The second kappa shape index (κ2) is 4.80. The molecule has 0 heterocycles. The lowest BCUT2D eigenvalue weighted by Crippen LogP contribution is -2.28. The van der Waals surface area contributed by atoms with E-state index in [9.17, 15) is 4.79 Å². The third kappa shape index (κ3) is 2.13. The summed E-state index contributed by atoms with van der Waals surface area (Å²) in [5, 5.41) is 0. The van der Waals surface area contributed by atoms with Crippen molar-refractivity contribution in [2.75, 3.05) is 11.9 Å². The van der Waals surface area contributed by atoms with Crippen molar-refractivity contribution in [3.05, 3.63) is 29.8 Å². The Labute approximate surface area is 85.5 Å². The third-order valence-corrected chi connectivity index (χ3v) is 2.70. The number of carbonyl (C=O) groups excluding carboxylic acids is 1. The summed E-state index contributed by atoms with van der Waals surface area (Å²) in [6.07, 6.45) is 1.98. The van der Waals surface area contributed by atoms with Gasteiger partial charge in [-0.2, -0.15) is 0 Å². The minimum absolute atomic E-state index is 0.455. The van der Waals surface area contributed by atoms with Gasteiger partial charge < -0.3 is 4.90 Å². The molecule has 0 fully saturated rings. The summed E-state index contributed by atoms with van der Waals surface area (Å²) < 4.78 is 0. The lowest BCUT2D eigenvalue weighted by atomic mass is 10.1. The van der Waals surface area contributed by atoms with E-state index in [0.717, 1.165) is 24.0 Å². The number of nitrogens with zero attached hydrogens (tertiary/aromatic N) is 1. The molecule has 0 bridgehead atoms. The van der Waals surface area contributed by atoms with Crippen molar-refractivity contribution < 1.29 is 4.79 Å². The zero-order valence-electron chi connectivity index (χ0n) is 9.03. The molecule has 2 nitrogen and oxygen atoms in total. The number of aldehydes is 1. The Balaban J connectivity index is 2.99. The maximum Gasteiger partial charge on any atom is 0.152 e. The number of carbonyl (C=O) groups is 1. The van der Waals surface area contributed by atoms with Crippen LogP contribution >= 0.6 is 0 Å². The van der Waals surface area contributed by atoms with Gasteiger partial charge in [0.1, 0.15) is 0 Å². The van der Waals surface area contributed by atoms with E-state index in [4.69, 9.17) is 0 Å². The molecule has 0 aliphatic heterocycles. The zero-order chi connectivity index (χ0) is 10.6. The second-order valence-corrected chi connectivity index (χ2v) is 3.54. The van der Waals surface area contributed by atoms with E-state index in [0.29, 0.717) is 6.04 Å². The molecule has 0 aromatic heterocycles. The summed E-state index contributed by atoms with van der Waals surface area (Å²) in [5.74, 6) is 0. The van der Waals surface area contributed by atoms with Gasteiger partial charge in [0.2, 0.25) is 0 Å². The van der Waals surface area contributed by atoms with Crippen LogP contribution in [0.25, 0.3) is 0 Å². The lowest BCUT2D eigenvalue weighted by molar-refractivity contribution is 0.112. The molecule has 2 heteroatoms. The molecule has 1 atom stereocenters. The number of hydrogen-bond acceptors (Lipinski definition) is 2. The van der Waals surface area contributed by atoms with E-state index in [-0.39, 0.29) is 0 Å². The maximum absolute atomic E-state index is 10.8. The molecule has 1 aromatic rings. The Hall–Kier alpha value is -1.31. The number of anilines is 1. The SMILES string of the molecule is CCC(C)N(C)c1ccccc1C=O. The molecular weight excluding hydrogens is 174 g/mol. The standard InChI is InChI=1S/C12H17NO/c1-4-10(2)13(3)12-8-6-5-7-11(12)9-14/h5-10H,4H2,1-3H3. The van der Waals surface area contributed by atoms with Gasteiger partial charge in [-0.1, -0.05) is 19.1 Å². The normalized spacial score (nSPS) is 12.2. The maximum atomic E-state index is 10.8. The topological polar surface area (TPSA) is 20.3 Å². The van der Waals surface area contributed by atoms with Crippen molar-refractivity contribution in [2.24, 2.45) is 0 Å². The molecule has 1 unspecified atom stereocenters. The van der Waals surface area contributed by atoms with Crippen LogP contribution in [0.5, 0.6) is 0 Å². The average molecular weight is 191 g/mol. The number of benzene rings is 1. The van der Waals surface area contributed by atoms with Crippen LogP contribution in [-0.2, 0) is 0 Å². The van der Waals surface area contributed by atoms with Gasteiger partial charge in [0, 0.05) is 24.3 Å². The molecule has 0 amide bonds. The van der Waals surface area contributed by atoms with Crippen molar-refractivity contribution in [1.29, 1.82) is 0 Å². The van der Waals surface area contributed by atoms with Gasteiger partial charge in [0.05, 0.1) is 0 Å². The minimum atomic E-state index is 0.455. The zero-order valence-corrected chi connectivity index (χ0v) is 9.03. The first kappa shape index (κ1) is 10.8. The summed E-state index contributed by atoms with van der Waals surface area (Å²) in [4.78, 5) is 13.0. The Kier molecular flexibility index (Phi) is 3.69. The number of para-hydroxylation sites is 1. The summed E-state index contributed by atoms with van der Waals surface area (Å²) in [6.45, 7) is 4.30. The quantitative estimate of drug-likeness (QED) is 0.682. The largest absolute Gasteiger partial charge is 0.371 e. The van der Waals surface area contributed by atoms with E-state index in [1.54, 1.807) is 0 Å². The summed E-state index contributed by atoms with van der Waals surface area (Å²) in [7, 11) is 2.02. The fourth-order valence-electron chi connectivity index (χ4n) is 1.42. The van der Waals surface area contributed by atoms with E-state index in [1.807, 2.05) is 31.3 Å². The Morgan fingerprint density at radius 2 is 2.07 bits per heavy atom. The van der Waals surface area contributed by atoms with Crippen molar-refractivity contribution in [1.82, 2.24) is 0 Å². The average Bonchev–Trinajstić information content (AvgIpc) is 2.26. The van der Waals surface area contributed by atoms with E-state index >= 15 is 0 Å². The van der Waals surface area contributed by atoms with Crippen LogP contribution in [0, 0.1) is 0 Å². The highest BCUT2D eigenvalue weighted by molar-refractivity contribution is 5.84. The first-order chi connectivity index (χ1) is 6.70. The minimum Gasteiger partial charge on any atom is -0.371 e. The van der Waals surface area contributed by atoms with E-state index in [2.05, 4.69) is 18.7 Å². The molecule has 0 N–H and O–H groups in total. The van der Waals surface area contributed by atoms with Crippen LogP contribution in [0.4, 0.5) is 5.69 Å². The number of rotatable bonds is 4. The summed E-state index contributed by atoms with van der Waals surface area (Å²) in [6, 6.07) is 8.13. The van der Waals surface area contributed by atoms with Crippen LogP contribution in [0.1, 0.15) is 30.6 Å². The van der Waals surface area contributed by atoms with Gasteiger partial charge in [-0.15, -0.1) is 0 Å². The van der Waals surface area contributed by atoms with Crippen LogP contribution in [0.2, 0.25) is 0 Å². The Morgan fingerprint density at radius 3 is 2.64 bits per heavy atom. The highest BCUT2D eigenvalue weighted by Gasteiger charge is 2.10. The van der Waals surface area contributed by atoms with E-state index < -0.39 is 0 Å². The lowest BCUT2D eigenvalue weighted by Gasteiger charge is -2.27. The predicted molar refractivity (Wildman–Crippen MR) is 60.0 cm³/mol. The van der Waals surface area contributed by atoms with Gasteiger partial charge in [-0.3, -0.25) is 4.79 Å². The third-order valence-electron chi connectivity index (χ3n) is 2.70. The van der Waals surface area contributed by atoms with E-state index in [1.165, 1.54) is 0 Å². The fraction of sp³-hybridized carbons (Fsp3) is 0.417. The molecule has 0 radical (unpaired) electrons. The molecule has 1 rings (SSSR count). The van der Waals surface area contributed by atoms with Crippen molar-refractivity contribution in [3.63, 3.8) is 0 Å². The molecule has 1 aromatic carbocycles. The molecule has 76 valence electrons. The monoisotopic (exact) mass is 191 g/mol. The van der Waals surface area contributed by atoms with Crippen LogP contribution in [0.15, 0.2) is 24.3 Å². The second-order valence-electron chi connectivity index (χ2n) is 3.54. The molecule has 0 saturated heterocycles. The van der Waals surface area contributed by atoms with Gasteiger partial charge in [-0.25, -0.2) is 0 Å². The smallest absolute Gasteiger partial charge is 0.152 e. The van der Waals surface area contributed by atoms with Gasteiger partial charge in [0.25, 0.3) is 0 Å². The summed E-state index contributed by atoms with van der Waals surface area (Å²) in [5.41, 5.74) is 1.77. The first-order valence-electron chi connectivity index (χ1n) is 4.97. The van der Waals surface area contributed by atoms with Gasteiger partial charge in [-0.05, 0) is 25.5 Å². The fourth-order valence-corrected chi connectivity index (χ4v) is 1.42. The van der Waals surface area contributed by atoms with Crippen molar-refractivity contribution in [2.45, 2.75) is 26.3 Å². The molecule has 0 spiro atoms. The van der Waals surface area contributed by atoms with Crippen molar-refractivity contribution in [3.8, 4) is 0 Å². The Morgan fingerprint density at radius 1 is 1.43 bits per heavy atom. The van der Waals surface area contributed by atoms with Crippen LogP contribution in [0.3, 0.4) is 0 Å². The predicted octanol–water partition coefficient (Wildman–Crippen LogP) is 2.73. The molecule has 0 aliphatic carbocycles. The van der Waals surface area contributed by atoms with Gasteiger partial charge >= 0.3 is 0 Å². The molecule has 14 heavy (non-hydrogen) atoms. The first-order valence-corrected chi connectivity index (χ1v) is 4.97. The molecule has 0 aliphatic rings. The highest BCUT2D eigenvalue weighted by Crippen LogP contribution is 2.20. The molecular formula is C12H17NO. The Bertz CT molecular complexity index is 309.